The maximum atomic E-state index is 6.45. The lowest BCUT2D eigenvalue weighted by atomic mass is 9.99. The van der Waals surface area contributed by atoms with Crippen LogP contribution in [-0.2, 0) is 5.54 Å². The third-order valence-corrected chi connectivity index (χ3v) is 5.45. The smallest absolute Gasteiger partial charge is 0.258 e. The largest absolute Gasteiger partial charge is 0.334 e. The average Bonchev–Trinajstić information content (AvgIpc) is 3.40. The molecule has 0 bridgehead atoms. The first-order valence-corrected chi connectivity index (χ1v) is 9.32. The minimum absolute atomic E-state index is 0.447. The molecule has 0 radical (unpaired) electrons. The topological polar surface area (TPSA) is 82.8 Å². The number of fused-ring (bicyclic) bond motifs is 1. The summed E-state index contributed by atoms with van der Waals surface area (Å²) in [5.74, 6) is 2.04. The Bertz CT molecular complexity index is 1110. The predicted octanol–water partition coefficient (Wildman–Crippen LogP) is 4.11. The van der Waals surface area contributed by atoms with Crippen molar-refractivity contribution in [1.82, 2.24) is 19.7 Å². The van der Waals surface area contributed by atoms with Crippen molar-refractivity contribution in [2.24, 2.45) is 5.73 Å². The molecule has 136 valence electrons. The summed E-state index contributed by atoms with van der Waals surface area (Å²) in [6.07, 6.45) is 4.04. The van der Waals surface area contributed by atoms with Crippen LogP contribution >= 0.6 is 0 Å². The summed E-state index contributed by atoms with van der Waals surface area (Å²) in [7, 11) is 0. The molecule has 4 aromatic rings. The van der Waals surface area contributed by atoms with Crippen molar-refractivity contribution in [3.63, 3.8) is 0 Å². The van der Waals surface area contributed by atoms with Gasteiger partial charge in [0.2, 0.25) is 0 Å². The number of aromatic nitrogens is 4. The Balaban J connectivity index is 1.56. The maximum absolute atomic E-state index is 6.45. The van der Waals surface area contributed by atoms with Gasteiger partial charge < -0.3 is 10.3 Å². The molecule has 1 fully saturated rings. The Morgan fingerprint density at radius 1 is 1.04 bits per heavy atom. The minimum atomic E-state index is -0.447. The summed E-state index contributed by atoms with van der Waals surface area (Å²) in [5, 5.41) is 4.16. The van der Waals surface area contributed by atoms with Gasteiger partial charge in [-0.15, -0.1) is 0 Å². The third-order valence-electron chi connectivity index (χ3n) is 5.45. The zero-order chi connectivity index (χ0) is 18.4. The summed E-state index contributed by atoms with van der Waals surface area (Å²) in [4.78, 5) is 9.31. The number of aryl methyl sites for hydroxylation is 1. The van der Waals surface area contributed by atoms with Gasteiger partial charge in [-0.05, 0) is 50.1 Å². The van der Waals surface area contributed by atoms with Crippen LogP contribution in [0.4, 0.5) is 0 Å². The molecule has 0 amide bonds. The lowest BCUT2D eigenvalue weighted by Crippen LogP contribution is -2.34. The number of benzene rings is 2. The first-order valence-electron chi connectivity index (χ1n) is 9.32. The van der Waals surface area contributed by atoms with Gasteiger partial charge in [0, 0.05) is 11.3 Å². The summed E-state index contributed by atoms with van der Waals surface area (Å²) < 4.78 is 7.67. The molecular formula is C21H21N5O. The summed E-state index contributed by atoms with van der Waals surface area (Å²) in [6.45, 7) is 2.01. The Morgan fingerprint density at radius 3 is 2.59 bits per heavy atom. The first kappa shape index (κ1) is 16.2. The van der Waals surface area contributed by atoms with Gasteiger partial charge in [0.05, 0.1) is 16.6 Å². The van der Waals surface area contributed by atoms with E-state index >= 15 is 0 Å². The van der Waals surface area contributed by atoms with Gasteiger partial charge in [0.25, 0.3) is 5.89 Å². The Morgan fingerprint density at radius 2 is 1.81 bits per heavy atom. The Kier molecular flexibility index (Phi) is 3.62. The highest BCUT2D eigenvalue weighted by molar-refractivity contribution is 5.82. The fourth-order valence-corrected chi connectivity index (χ4v) is 4.01. The lowest BCUT2D eigenvalue weighted by Gasteiger charge is -2.17. The number of nitrogens with zero attached hydrogens (tertiary/aromatic N) is 4. The van der Waals surface area contributed by atoms with Gasteiger partial charge in [-0.1, -0.05) is 36.2 Å². The van der Waals surface area contributed by atoms with E-state index in [-0.39, 0.29) is 0 Å². The van der Waals surface area contributed by atoms with Crippen LogP contribution in [0.15, 0.2) is 53.1 Å². The molecule has 0 aliphatic heterocycles. The number of rotatable bonds is 3. The van der Waals surface area contributed by atoms with Crippen molar-refractivity contribution in [2.45, 2.75) is 38.1 Å². The second-order valence-corrected chi connectivity index (χ2v) is 7.32. The van der Waals surface area contributed by atoms with Crippen LogP contribution in [0.5, 0.6) is 0 Å². The third kappa shape index (κ3) is 2.64. The highest BCUT2D eigenvalue weighted by atomic mass is 16.5. The van der Waals surface area contributed by atoms with Crippen molar-refractivity contribution >= 4 is 11.0 Å². The van der Waals surface area contributed by atoms with Crippen molar-refractivity contribution in [3.05, 3.63) is 60.2 Å². The molecule has 5 rings (SSSR count). The standard InChI is InChI=1S/C21H21N5O/c1-14-23-17-13-15(9-10-18(17)26(14)16-7-3-2-4-8-16)19-24-20(25-27-19)21(22)11-5-6-12-21/h2-4,7-10,13H,5-6,11-12,22H2,1H3. The van der Waals surface area contributed by atoms with Crippen LogP contribution in [-0.4, -0.2) is 19.7 Å². The molecule has 6 heteroatoms. The molecule has 6 nitrogen and oxygen atoms in total. The number of imidazole rings is 1. The Hall–Kier alpha value is -2.99. The zero-order valence-electron chi connectivity index (χ0n) is 15.2. The number of hydrogen-bond acceptors (Lipinski definition) is 5. The highest BCUT2D eigenvalue weighted by Gasteiger charge is 2.36. The van der Waals surface area contributed by atoms with Gasteiger partial charge in [0.1, 0.15) is 5.82 Å². The molecule has 0 unspecified atom stereocenters. The van der Waals surface area contributed by atoms with Gasteiger partial charge >= 0.3 is 0 Å². The van der Waals surface area contributed by atoms with Crippen molar-refractivity contribution < 1.29 is 4.52 Å². The van der Waals surface area contributed by atoms with E-state index in [9.17, 15) is 0 Å². The molecule has 0 spiro atoms. The molecule has 1 aliphatic rings. The molecule has 0 atom stereocenters. The van der Waals surface area contributed by atoms with Crippen molar-refractivity contribution in [1.29, 1.82) is 0 Å². The molecular weight excluding hydrogens is 338 g/mol. The van der Waals surface area contributed by atoms with E-state index in [1.807, 2.05) is 37.3 Å². The van der Waals surface area contributed by atoms with Crippen LogP contribution in [0.25, 0.3) is 28.2 Å². The molecule has 1 aliphatic carbocycles. The molecule has 0 saturated heterocycles. The lowest BCUT2D eigenvalue weighted by molar-refractivity contribution is 0.372. The van der Waals surface area contributed by atoms with Crippen LogP contribution in [0.3, 0.4) is 0 Å². The second-order valence-electron chi connectivity index (χ2n) is 7.32. The van der Waals surface area contributed by atoms with E-state index in [1.165, 1.54) is 0 Å². The van der Waals surface area contributed by atoms with Gasteiger partial charge in [0.15, 0.2) is 5.82 Å². The molecule has 2 N–H and O–H groups in total. The fraction of sp³-hybridized carbons (Fsp3) is 0.286. The molecule has 27 heavy (non-hydrogen) atoms. The molecule has 2 aromatic heterocycles. The SMILES string of the molecule is Cc1nc2cc(-c3nc(C4(N)CCCC4)no3)ccc2n1-c1ccccc1. The van der Waals surface area contributed by atoms with E-state index in [4.69, 9.17) is 15.2 Å². The quantitative estimate of drug-likeness (QED) is 0.595. The van der Waals surface area contributed by atoms with E-state index in [2.05, 4.69) is 32.9 Å². The monoisotopic (exact) mass is 359 g/mol. The van der Waals surface area contributed by atoms with Crippen molar-refractivity contribution in [2.75, 3.05) is 0 Å². The number of nitrogens with two attached hydrogens (primary N) is 1. The van der Waals surface area contributed by atoms with Gasteiger partial charge in [-0.3, -0.25) is 4.57 Å². The Labute approximate surface area is 157 Å². The average molecular weight is 359 g/mol. The maximum Gasteiger partial charge on any atom is 0.258 e. The van der Waals surface area contributed by atoms with Gasteiger partial charge in [-0.2, -0.15) is 4.98 Å². The summed E-state index contributed by atoms with van der Waals surface area (Å²) >= 11 is 0. The second kappa shape index (κ2) is 6.03. The van der Waals surface area contributed by atoms with Crippen LogP contribution in [0.2, 0.25) is 0 Å². The predicted molar refractivity (Wildman–Crippen MR) is 103 cm³/mol. The zero-order valence-corrected chi connectivity index (χ0v) is 15.2. The highest BCUT2D eigenvalue weighted by Crippen LogP contribution is 2.35. The number of para-hydroxylation sites is 1. The van der Waals surface area contributed by atoms with Crippen LogP contribution < -0.4 is 5.73 Å². The normalized spacial score (nSPS) is 16.2. The van der Waals surface area contributed by atoms with E-state index in [0.29, 0.717) is 11.7 Å². The summed E-state index contributed by atoms with van der Waals surface area (Å²) in [6, 6.07) is 16.3. The van der Waals surface area contributed by atoms with Gasteiger partial charge in [-0.25, -0.2) is 4.98 Å². The molecule has 1 saturated carbocycles. The van der Waals surface area contributed by atoms with E-state index in [0.717, 1.165) is 53.8 Å². The van der Waals surface area contributed by atoms with Crippen LogP contribution in [0, 0.1) is 6.92 Å². The van der Waals surface area contributed by atoms with Crippen LogP contribution in [0.1, 0.15) is 37.3 Å². The number of hydrogen-bond donors (Lipinski definition) is 1. The molecule has 2 heterocycles. The van der Waals surface area contributed by atoms with E-state index in [1.54, 1.807) is 0 Å². The molecule has 2 aromatic carbocycles. The van der Waals surface area contributed by atoms with E-state index < -0.39 is 5.54 Å². The first-order chi connectivity index (χ1) is 13.1. The van der Waals surface area contributed by atoms with Crippen molar-refractivity contribution in [3.8, 4) is 17.1 Å². The minimum Gasteiger partial charge on any atom is -0.334 e. The fourth-order valence-electron chi connectivity index (χ4n) is 4.01. The summed E-state index contributed by atoms with van der Waals surface area (Å²) in [5.41, 5.74) is 9.91.